The lowest BCUT2D eigenvalue weighted by atomic mass is 10.1. The Morgan fingerprint density at radius 1 is 1.38 bits per heavy atom. The Bertz CT molecular complexity index is 645. The van der Waals surface area contributed by atoms with Crippen molar-refractivity contribution in [3.63, 3.8) is 0 Å². The number of nitrogens with zero attached hydrogens (tertiary/aromatic N) is 2. The first-order chi connectivity index (χ1) is 10.2. The van der Waals surface area contributed by atoms with Crippen LogP contribution >= 0.6 is 0 Å². The van der Waals surface area contributed by atoms with Crippen LogP contribution in [0.2, 0.25) is 0 Å². The van der Waals surface area contributed by atoms with Crippen LogP contribution in [0.25, 0.3) is 6.08 Å². The molecule has 4 nitrogen and oxygen atoms in total. The Balaban J connectivity index is 1.55. The maximum atomic E-state index is 5.76. The van der Waals surface area contributed by atoms with Gasteiger partial charge >= 0.3 is 0 Å². The maximum absolute atomic E-state index is 5.76. The van der Waals surface area contributed by atoms with Crippen LogP contribution in [0.3, 0.4) is 0 Å². The molecule has 0 saturated carbocycles. The zero-order valence-electron chi connectivity index (χ0n) is 12.5. The van der Waals surface area contributed by atoms with Gasteiger partial charge in [0.2, 0.25) is 0 Å². The number of para-hydroxylation sites is 1. The molecule has 21 heavy (non-hydrogen) atoms. The van der Waals surface area contributed by atoms with E-state index in [9.17, 15) is 0 Å². The molecule has 3 rings (SSSR count). The third kappa shape index (κ3) is 3.52. The zero-order valence-corrected chi connectivity index (χ0v) is 12.5. The van der Waals surface area contributed by atoms with Gasteiger partial charge in [-0.05, 0) is 37.1 Å². The normalized spacial score (nSPS) is 15.0. The Morgan fingerprint density at radius 3 is 3.05 bits per heavy atom. The lowest BCUT2D eigenvalue weighted by Crippen LogP contribution is -2.33. The van der Waals surface area contributed by atoms with Crippen LogP contribution in [0.5, 0.6) is 5.75 Å². The Hall–Kier alpha value is -2.07. The molecule has 1 aliphatic heterocycles. The molecule has 0 amide bonds. The zero-order chi connectivity index (χ0) is 14.7. The number of fused-ring (bicyclic) bond motifs is 1. The van der Waals surface area contributed by atoms with Gasteiger partial charge in [0.15, 0.2) is 0 Å². The molecule has 0 radical (unpaired) electrons. The van der Waals surface area contributed by atoms with Crippen molar-refractivity contribution < 1.29 is 4.74 Å². The van der Waals surface area contributed by atoms with Crippen molar-refractivity contribution in [2.24, 2.45) is 0 Å². The van der Waals surface area contributed by atoms with E-state index in [0.29, 0.717) is 12.6 Å². The fraction of sp³-hybridized carbons (Fsp3) is 0.353. The van der Waals surface area contributed by atoms with E-state index in [1.807, 2.05) is 29.1 Å². The van der Waals surface area contributed by atoms with Crippen LogP contribution in [0.1, 0.15) is 18.1 Å². The first kappa shape index (κ1) is 13.9. The van der Waals surface area contributed by atoms with Gasteiger partial charge in [-0.15, -0.1) is 0 Å². The van der Waals surface area contributed by atoms with Crippen LogP contribution in [-0.4, -0.2) is 29.0 Å². The second kappa shape index (κ2) is 6.14. The van der Waals surface area contributed by atoms with E-state index in [0.717, 1.165) is 24.4 Å². The van der Waals surface area contributed by atoms with E-state index in [2.05, 4.69) is 42.6 Å². The highest BCUT2D eigenvalue weighted by molar-refractivity contribution is 5.62. The van der Waals surface area contributed by atoms with E-state index < -0.39 is 0 Å². The molecule has 110 valence electrons. The van der Waals surface area contributed by atoms with Gasteiger partial charge in [0, 0.05) is 24.3 Å². The molecule has 1 aromatic carbocycles. The summed E-state index contributed by atoms with van der Waals surface area (Å²) in [6.45, 7) is 6.62. The molecular weight excluding hydrogens is 262 g/mol. The largest absolute Gasteiger partial charge is 0.489 e. The van der Waals surface area contributed by atoms with Crippen LogP contribution in [-0.2, 0) is 6.54 Å². The fourth-order valence-electron chi connectivity index (χ4n) is 2.48. The molecule has 1 unspecified atom stereocenters. The van der Waals surface area contributed by atoms with E-state index in [1.54, 1.807) is 0 Å². The van der Waals surface area contributed by atoms with E-state index in [-0.39, 0.29) is 0 Å². The molecular formula is C17H21N3O. The SMILES string of the molecule is Cc1cnn(CC(C)NCC2=Cc3ccccc3OC2)c1. The molecule has 2 heterocycles. The van der Waals surface area contributed by atoms with Gasteiger partial charge in [0.05, 0.1) is 12.7 Å². The highest BCUT2D eigenvalue weighted by Crippen LogP contribution is 2.25. The first-order valence-electron chi connectivity index (χ1n) is 7.34. The average Bonchev–Trinajstić information content (AvgIpc) is 2.90. The minimum absolute atomic E-state index is 0.363. The van der Waals surface area contributed by atoms with Crippen molar-refractivity contribution in [3.8, 4) is 5.75 Å². The molecule has 1 aromatic heterocycles. The third-order valence-electron chi connectivity index (χ3n) is 3.59. The second-order valence-corrected chi connectivity index (χ2v) is 5.65. The Labute approximate surface area is 125 Å². The molecule has 0 bridgehead atoms. The molecule has 1 aliphatic rings. The van der Waals surface area contributed by atoms with E-state index in [1.165, 1.54) is 11.1 Å². The first-order valence-corrected chi connectivity index (χ1v) is 7.34. The van der Waals surface area contributed by atoms with Gasteiger partial charge in [-0.2, -0.15) is 5.10 Å². The number of benzene rings is 1. The standard InChI is InChI=1S/C17H21N3O/c1-13-8-19-20(10-13)11-14(2)18-9-15-7-16-5-3-4-6-17(16)21-12-15/h3-8,10,14,18H,9,11-12H2,1-2H3. The third-order valence-corrected chi connectivity index (χ3v) is 3.59. The second-order valence-electron chi connectivity index (χ2n) is 5.65. The number of ether oxygens (including phenoxy) is 1. The van der Waals surface area contributed by atoms with Gasteiger partial charge in [-0.25, -0.2) is 0 Å². The number of hydrogen-bond acceptors (Lipinski definition) is 3. The molecule has 0 fully saturated rings. The van der Waals surface area contributed by atoms with Crippen molar-refractivity contribution >= 4 is 6.08 Å². The monoisotopic (exact) mass is 283 g/mol. The highest BCUT2D eigenvalue weighted by atomic mass is 16.5. The van der Waals surface area contributed by atoms with Crippen molar-refractivity contribution in [1.29, 1.82) is 0 Å². The molecule has 2 aromatic rings. The van der Waals surface area contributed by atoms with Gasteiger partial charge in [0.1, 0.15) is 12.4 Å². The summed E-state index contributed by atoms with van der Waals surface area (Å²) in [5, 5.41) is 7.85. The minimum atomic E-state index is 0.363. The summed E-state index contributed by atoms with van der Waals surface area (Å²) < 4.78 is 7.74. The van der Waals surface area contributed by atoms with E-state index in [4.69, 9.17) is 4.74 Å². The molecule has 0 spiro atoms. The van der Waals surface area contributed by atoms with E-state index >= 15 is 0 Å². The number of aromatic nitrogens is 2. The summed E-state index contributed by atoms with van der Waals surface area (Å²) >= 11 is 0. The van der Waals surface area contributed by atoms with Gasteiger partial charge < -0.3 is 10.1 Å². The van der Waals surface area contributed by atoms with Crippen molar-refractivity contribution in [2.45, 2.75) is 26.4 Å². The van der Waals surface area contributed by atoms with Gasteiger partial charge in [-0.3, -0.25) is 4.68 Å². The molecule has 4 heteroatoms. The number of hydrogen-bond donors (Lipinski definition) is 1. The van der Waals surface area contributed by atoms with Crippen LogP contribution in [0.4, 0.5) is 0 Å². The fourth-order valence-corrected chi connectivity index (χ4v) is 2.48. The summed E-state index contributed by atoms with van der Waals surface area (Å²) in [5.41, 5.74) is 3.63. The quantitative estimate of drug-likeness (QED) is 0.917. The van der Waals surface area contributed by atoms with Gasteiger partial charge in [-0.1, -0.05) is 18.2 Å². The summed E-state index contributed by atoms with van der Waals surface area (Å²) in [6, 6.07) is 8.51. The molecule has 0 saturated heterocycles. The summed E-state index contributed by atoms with van der Waals surface area (Å²) in [4.78, 5) is 0. The lowest BCUT2D eigenvalue weighted by Gasteiger charge is -2.20. The summed E-state index contributed by atoms with van der Waals surface area (Å²) in [7, 11) is 0. The Morgan fingerprint density at radius 2 is 2.24 bits per heavy atom. The summed E-state index contributed by atoms with van der Waals surface area (Å²) in [6.07, 6.45) is 6.18. The maximum Gasteiger partial charge on any atom is 0.127 e. The van der Waals surface area contributed by atoms with Crippen LogP contribution in [0.15, 0.2) is 42.2 Å². The van der Waals surface area contributed by atoms with Crippen molar-refractivity contribution in [1.82, 2.24) is 15.1 Å². The van der Waals surface area contributed by atoms with Crippen LogP contribution < -0.4 is 10.1 Å². The van der Waals surface area contributed by atoms with Crippen molar-refractivity contribution in [3.05, 3.63) is 53.4 Å². The topological polar surface area (TPSA) is 39.1 Å². The smallest absolute Gasteiger partial charge is 0.127 e. The minimum Gasteiger partial charge on any atom is -0.489 e. The summed E-state index contributed by atoms with van der Waals surface area (Å²) in [5.74, 6) is 0.973. The molecule has 1 N–H and O–H groups in total. The highest BCUT2D eigenvalue weighted by Gasteiger charge is 2.11. The van der Waals surface area contributed by atoms with Crippen molar-refractivity contribution in [2.75, 3.05) is 13.2 Å². The predicted molar refractivity (Wildman–Crippen MR) is 84.3 cm³/mol. The molecule has 0 aliphatic carbocycles. The van der Waals surface area contributed by atoms with Gasteiger partial charge in [0.25, 0.3) is 0 Å². The lowest BCUT2D eigenvalue weighted by molar-refractivity contribution is 0.339. The predicted octanol–water partition coefficient (Wildman–Crippen LogP) is 2.65. The average molecular weight is 283 g/mol. The Kier molecular flexibility index (Phi) is 4.06. The molecule has 1 atom stereocenters. The number of rotatable bonds is 5. The number of aryl methyl sites for hydroxylation is 1. The van der Waals surface area contributed by atoms with Crippen LogP contribution in [0, 0.1) is 6.92 Å². The number of nitrogens with one attached hydrogen (secondary N) is 1.